The summed E-state index contributed by atoms with van der Waals surface area (Å²) in [6.45, 7) is 4.17. The van der Waals surface area contributed by atoms with Crippen molar-refractivity contribution in [1.29, 1.82) is 0 Å². The summed E-state index contributed by atoms with van der Waals surface area (Å²) in [6.07, 6.45) is 0. The molecule has 0 fully saturated rings. The molecule has 0 bridgehead atoms. The van der Waals surface area contributed by atoms with Gasteiger partial charge in [-0.3, -0.25) is 14.9 Å². The third-order valence-corrected chi connectivity index (χ3v) is 5.40. The fourth-order valence-electron chi connectivity index (χ4n) is 2.03. The number of halogens is 1. The van der Waals surface area contributed by atoms with E-state index in [-0.39, 0.29) is 29.6 Å². The van der Waals surface area contributed by atoms with Gasteiger partial charge in [-0.15, -0.1) is 23.7 Å². The number of amides is 1. The van der Waals surface area contributed by atoms with Gasteiger partial charge in [0.2, 0.25) is 0 Å². The highest BCUT2D eigenvalue weighted by Crippen LogP contribution is 2.36. The summed E-state index contributed by atoms with van der Waals surface area (Å²) < 4.78 is 5.64. The number of rotatable bonds is 10. The van der Waals surface area contributed by atoms with Crippen molar-refractivity contribution in [3.8, 4) is 0 Å². The van der Waals surface area contributed by atoms with Crippen molar-refractivity contribution in [2.75, 3.05) is 33.4 Å². The summed E-state index contributed by atoms with van der Waals surface area (Å²) in [7, 11) is 1.62. The van der Waals surface area contributed by atoms with Crippen LogP contribution in [0, 0.1) is 17.0 Å². The van der Waals surface area contributed by atoms with Crippen molar-refractivity contribution in [3.63, 3.8) is 0 Å². The van der Waals surface area contributed by atoms with Gasteiger partial charge in [0.25, 0.3) is 11.6 Å². The Morgan fingerprint density at radius 3 is 2.78 bits per heavy atom. The molecule has 0 atom stereocenters. The van der Waals surface area contributed by atoms with E-state index in [4.69, 9.17) is 4.74 Å². The van der Waals surface area contributed by atoms with Gasteiger partial charge in [0, 0.05) is 49.4 Å². The van der Waals surface area contributed by atoms with E-state index in [9.17, 15) is 14.9 Å². The van der Waals surface area contributed by atoms with E-state index in [0.29, 0.717) is 31.1 Å². The molecule has 8 nitrogen and oxygen atoms in total. The molecule has 27 heavy (non-hydrogen) atoms. The Bertz CT molecular complexity index is 773. The number of benzene rings is 1. The molecule has 1 aromatic carbocycles. The second kappa shape index (κ2) is 11.9. The van der Waals surface area contributed by atoms with Gasteiger partial charge in [-0.2, -0.15) is 0 Å². The van der Waals surface area contributed by atoms with Crippen LogP contribution in [0.4, 0.5) is 5.69 Å². The quantitative estimate of drug-likeness (QED) is 0.337. The minimum atomic E-state index is -0.480. The van der Waals surface area contributed by atoms with Crippen LogP contribution in [0.5, 0.6) is 0 Å². The lowest BCUT2D eigenvalue weighted by Gasteiger charge is -2.07. The number of methoxy groups -OCH3 is 1. The van der Waals surface area contributed by atoms with Crippen LogP contribution in [-0.4, -0.2) is 49.2 Å². The molecule has 148 valence electrons. The Labute approximate surface area is 171 Å². The molecule has 0 aliphatic heterocycles. The molecule has 0 saturated carbocycles. The number of thiazole rings is 1. The highest BCUT2D eigenvalue weighted by molar-refractivity contribution is 8.01. The third-order valence-electron chi connectivity index (χ3n) is 3.28. The van der Waals surface area contributed by atoms with E-state index in [1.54, 1.807) is 19.2 Å². The number of aryl methyl sites for hydroxylation is 1. The molecule has 1 heterocycles. The zero-order valence-electron chi connectivity index (χ0n) is 14.9. The summed E-state index contributed by atoms with van der Waals surface area (Å²) >= 11 is 2.65. The van der Waals surface area contributed by atoms with E-state index in [2.05, 4.69) is 15.6 Å². The van der Waals surface area contributed by atoms with E-state index in [1.165, 1.54) is 29.2 Å². The first-order valence-corrected chi connectivity index (χ1v) is 9.57. The van der Waals surface area contributed by atoms with Gasteiger partial charge >= 0.3 is 0 Å². The summed E-state index contributed by atoms with van der Waals surface area (Å²) in [5, 5.41) is 19.1. The molecule has 1 aromatic heterocycles. The fraction of sp³-hybridized carbons (Fsp3) is 0.375. The van der Waals surface area contributed by atoms with Crippen LogP contribution < -0.4 is 10.6 Å². The Hall–Kier alpha value is -1.72. The summed E-state index contributed by atoms with van der Waals surface area (Å²) in [5.74, 6) is -0.344. The van der Waals surface area contributed by atoms with Crippen molar-refractivity contribution in [2.24, 2.45) is 0 Å². The van der Waals surface area contributed by atoms with Gasteiger partial charge in [-0.1, -0.05) is 11.8 Å². The topological polar surface area (TPSA) is 106 Å². The second-order valence-electron chi connectivity index (χ2n) is 5.30. The Morgan fingerprint density at radius 1 is 1.37 bits per heavy atom. The lowest BCUT2D eigenvalue weighted by atomic mass is 10.2. The number of nitro benzene ring substituents is 1. The lowest BCUT2D eigenvalue weighted by molar-refractivity contribution is -0.387. The van der Waals surface area contributed by atoms with Crippen LogP contribution in [-0.2, 0) is 4.74 Å². The molecule has 2 aromatic rings. The number of hydrogen-bond donors (Lipinski definition) is 2. The van der Waals surface area contributed by atoms with E-state index in [0.717, 1.165) is 10.0 Å². The van der Waals surface area contributed by atoms with Gasteiger partial charge in [0.1, 0.15) is 0 Å². The first kappa shape index (κ1) is 23.3. The highest BCUT2D eigenvalue weighted by Gasteiger charge is 2.19. The molecular weight excluding hydrogens is 412 g/mol. The molecule has 0 radical (unpaired) electrons. The zero-order chi connectivity index (χ0) is 18.9. The molecule has 2 rings (SSSR count). The minimum absolute atomic E-state index is 0. The number of nitro groups is 1. The summed E-state index contributed by atoms with van der Waals surface area (Å²) in [4.78, 5) is 27.8. The minimum Gasteiger partial charge on any atom is -0.383 e. The smallest absolute Gasteiger partial charge is 0.284 e. The normalized spacial score (nSPS) is 10.3. The van der Waals surface area contributed by atoms with Gasteiger partial charge in [0.15, 0.2) is 4.34 Å². The van der Waals surface area contributed by atoms with Crippen LogP contribution in [0.1, 0.15) is 16.1 Å². The Kier molecular flexibility index (Phi) is 10.3. The number of nitrogens with one attached hydrogen (secondary N) is 2. The van der Waals surface area contributed by atoms with Crippen LogP contribution >= 0.6 is 35.5 Å². The number of carbonyl (C=O) groups excluding carboxylic acids is 1. The number of carbonyl (C=O) groups is 1. The molecule has 0 unspecified atom stereocenters. The Morgan fingerprint density at radius 2 is 2.15 bits per heavy atom. The molecule has 11 heteroatoms. The molecule has 1 amide bonds. The van der Waals surface area contributed by atoms with Crippen molar-refractivity contribution in [1.82, 2.24) is 15.6 Å². The van der Waals surface area contributed by atoms with Crippen LogP contribution in [0.15, 0.2) is 32.8 Å². The maximum Gasteiger partial charge on any atom is 0.284 e. The average molecular weight is 433 g/mol. The monoisotopic (exact) mass is 432 g/mol. The first-order valence-electron chi connectivity index (χ1n) is 7.87. The van der Waals surface area contributed by atoms with Crippen LogP contribution in [0.25, 0.3) is 0 Å². The molecule has 0 aliphatic carbocycles. The number of aromatic nitrogens is 1. The van der Waals surface area contributed by atoms with Gasteiger partial charge in [0.05, 0.1) is 16.4 Å². The number of nitrogens with zero attached hydrogens (tertiary/aromatic N) is 2. The maximum atomic E-state index is 12.2. The largest absolute Gasteiger partial charge is 0.383 e. The fourth-order valence-corrected chi connectivity index (χ4v) is 3.91. The van der Waals surface area contributed by atoms with Crippen molar-refractivity contribution in [3.05, 3.63) is 45.0 Å². The number of ether oxygens (including phenoxy) is 1. The van der Waals surface area contributed by atoms with Crippen LogP contribution in [0.2, 0.25) is 0 Å². The number of hydrogen-bond acceptors (Lipinski definition) is 8. The van der Waals surface area contributed by atoms with Gasteiger partial charge in [-0.05, 0) is 19.1 Å². The van der Waals surface area contributed by atoms with E-state index >= 15 is 0 Å². The van der Waals surface area contributed by atoms with E-state index in [1.807, 2.05) is 12.3 Å². The lowest BCUT2D eigenvalue weighted by Crippen LogP contribution is -2.33. The SMILES string of the molecule is COCCNCCNC(=O)c1ccc(Sc2nc(C)cs2)c([N+](=O)[O-])c1.Cl. The van der Waals surface area contributed by atoms with E-state index < -0.39 is 4.92 Å². The predicted octanol–water partition coefficient (Wildman–Crippen LogP) is 2.90. The molecule has 2 N–H and O–H groups in total. The van der Waals surface area contributed by atoms with Gasteiger partial charge in [-0.25, -0.2) is 4.98 Å². The third kappa shape index (κ3) is 7.43. The maximum absolute atomic E-state index is 12.2. The first-order chi connectivity index (χ1) is 12.5. The Balaban J connectivity index is 0.00000364. The molecule has 0 spiro atoms. The van der Waals surface area contributed by atoms with Crippen molar-refractivity contribution < 1.29 is 14.5 Å². The summed E-state index contributed by atoms with van der Waals surface area (Å²) in [6, 6.07) is 4.48. The van der Waals surface area contributed by atoms with Crippen molar-refractivity contribution in [2.45, 2.75) is 16.2 Å². The van der Waals surface area contributed by atoms with Crippen LogP contribution in [0.3, 0.4) is 0 Å². The van der Waals surface area contributed by atoms with Gasteiger partial charge < -0.3 is 15.4 Å². The molecule has 0 saturated heterocycles. The standard InChI is InChI=1S/C16H20N4O4S2.ClH/c1-11-10-25-16(19-11)26-14-4-3-12(9-13(14)20(22)23)15(21)18-6-5-17-7-8-24-2;/h3-4,9-10,17H,5-8H2,1-2H3,(H,18,21);1H. The predicted molar refractivity (Wildman–Crippen MR) is 108 cm³/mol. The zero-order valence-corrected chi connectivity index (χ0v) is 17.3. The van der Waals surface area contributed by atoms with Crippen molar-refractivity contribution >= 4 is 47.1 Å². The highest BCUT2D eigenvalue weighted by atomic mass is 35.5. The molecular formula is C16H21ClN4O4S2. The molecule has 0 aliphatic rings. The average Bonchev–Trinajstić information content (AvgIpc) is 3.02. The second-order valence-corrected chi connectivity index (χ2v) is 7.44. The summed E-state index contributed by atoms with van der Waals surface area (Å²) in [5.41, 5.74) is 1.03.